The Morgan fingerprint density at radius 2 is 1.80 bits per heavy atom. The first-order valence-electron chi connectivity index (χ1n) is 6.31. The van der Waals surface area contributed by atoms with Gasteiger partial charge in [-0.3, -0.25) is 4.79 Å². The van der Waals surface area contributed by atoms with Crippen molar-refractivity contribution in [2.24, 2.45) is 0 Å². The van der Waals surface area contributed by atoms with Crippen molar-refractivity contribution in [1.82, 2.24) is 0 Å². The highest BCUT2D eigenvalue weighted by atomic mass is 19.1. The molecule has 0 bridgehead atoms. The first kappa shape index (κ1) is 14.1. The van der Waals surface area contributed by atoms with Gasteiger partial charge < -0.3 is 10.0 Å². The van der Waals surface area contributed by atoms with E-state index in [-0.39, 0.29) is 12.2 Å². The molecular formula is C16H16FNO2. The van der Waals surface area contributed by atoms with Crippen LogP contribution in [0.2, 0.25) is 0 Å². The van der Waals surface area contributed by atoms with Crippen LogP contribution in [0, 0.1) is 5.82 Å². The minimum Gasteiger partial charge on any atom is -0.481 e. The predicted octanol–water partition coefficient (Wildman–Crippen LogP) is 3.09. The second-order valence-electron chi connectivity index (χ2n) is 4.72. The molecule has 0 saturated heterocycles. The van der Waals surface area contributed by atoms with Gasteiger partial charge in [0.2, 0.25) is 0 Å². The minimum atomic E-state index is -0.838. The molecule has 0 aliphatic rings. The SMILES string of the molecule is CN(Cc1ccc(CC(=O)O)cc1)c1cccc(F)c1. The molecule has 0 spiro atoms. The molecule has 0 aliphatic carbocycles. The molecule has 0 unspecified atom stereocenters. The lowest BCUT2D eigenvalue weighted by molar-refractivity contribution is -0.136. The van der Waals surface area contributed by atoms with Gasteiger partial charge in [0.05, 0.1) is 6.42 Å². The summed E-state index contributed by atoms with van der Waals surface area (Å²) in [4.78, 5) is 12.5. The molecule has 20 heavy (non-hydrogen) atoms. The normalized spacial score (nSPS) is 10.3. The third-order valence-corrected chi connectivity index (χ3v) is 3.05. The highest BCUT2D eigenvalue weighted by Crippen LogP contribution is 2.17. The summed E-state index contributed by atoms with van der Waals surface area (Å²) < 4.78 is 13.2. The second kappa shape index (κ2) is 6.19. The number of carbonyl (C=O) groups is 1. The Morgan fingerprint density at radius 1 is 1.15 bits per heavy atom. The van der Waals surface area contributed by atoms with E-state index in [1.807, 2.05) is 42.3 Å². The van der Waals surface area contributed by atoms with Gasteiger partial charge in [-0.2, -0.15) is 0 Å². The third kappa shape index (κ3) is 3.82. The van der Waals surface area contributed by atoms with Gasteiger partial charge in [-0.25, -0.2) is 4.39 Å². The summed E-state index contributed by atoms with van der Waals surface area (Å²) in [5.74, 6) is -1.10. The fourth-order valence-electron chi connectivity index (χ4n) is 2.02. The van der Waals surface area contributed by atoms with E-state index in [2.05, 4.69) is 0 Å². The van der Waals surface area contributed by atoms with Crippen molar-refractivity contribution in [1.29, 1.82) is 0 Å². The van der Waals surface area contributed by atoms with Crippen LogP contribution in [-0.2, 0) is 17.8 Å². The van der Waals surface area contributed by atoms with E-state index in [1.54, 1.807) is 6.07 Å². The largest absolute Gasteiger partial charge is 0.481 e. The van der Waals surface area contributed by atoms with Crippen LogP contribution < -0.4 is 4.90 Å². The summed E-state index contributed by atoms with van der Waals surface area (Å²) in [5.41, 5.74) is 2.63. The van der Waals surface area contributed by atoms with Gasteiger partial charge in [0.25, 0.3) is 0 Å². The molecular weight excluding hydrogens is 257 g/mol. The van der Waals surface area contributed by atoms with Crippen LogP contribution in [0.25, 0.3) is 0 Å². The lowest BCUT2D eigenvalue weighted by Crippen LogP contribution is -2.16. The summed E-state index contributed by atoms with van der Waals surface area (Å²) in [6.45, 7) is 0.636. The number of rotatable bonds is 5. The summed E-state index contributed by atoms with van der Waals surface area (Å²) in [6, 6.07) is 13.8. The Morgan fingerprint density at radius 3 is 2.40 bits per heavy atom. The summed E-state index contributed by atoms with van der Waals surface area (Å²) in [6.07, 6.45) is 0.0278. The number of hydrogen-bond acceptors (Lipinski definition) is 2. The molecule has 0 heterocycles. The molecule has 2 rings (SSSR count). The maximum atomic E-state index is 13.2. The quantitative estimate of drug-likeness (QED) is 0.910. The van der Waals surface area contributed by atoms with Crippen molar-refractivity contribution in [3.05, 3.63) is 65.5 Å². The number of benzene rings is 2. The molecule has 0 aromatic heterocycles. The molecule has 2 aromatic carbocycles. The Balaban J connectivity index is 2.04. The van der Waals surface area contributed by atoms with E-state index in [1.165, 1.54) is 12.1 Å². The van der Waals surface area contributed by atoms with Crippen LogP contribution >= 0.6 is 0 Å². The highest BCUT2D eigenvalue weighted by molar-refractivity contribution is 5.70. The van der Waals surface area contributed by atoms with Gasteiger partial charge in [0, 0.05) is 19.3 Å². The van der Waals surface area contributed by atoms with Crippen LogP contribution in [0.15, 0.2) is 48.5 Å². The van der Waals surface area contributed by atoms with E-state index in [9.17, 15) is 9.18 Å². The standard InChI is InChI=1S/C16H16FNO2/c1-18(15-4-2-3-14(17)10-15)11-13-7-5-12(6-8-13)9-16(19)20/h2-8,10H,9,11H2,1H3,(H,19,20). The van der Waals surface area contributed by atoms with Gasteiger partial charge in [-0.05, 0) is 29.3 Å². The number of aliphatic carboxylic acids is 1. The fourth-order valence-corrected chi connectivity index (χ4v) is 2.02. The molecule has 0 aliphatic heterocycles. The maximum absolute atomic E-state index is 13.2. The molecule has 1 N–H and O–H groups in total. The average molecular weight is 273 g/mol. The lowest BCUT2D eigenvalue weighted by Gasteiger charge is -2.19. The van der Waals surface area contributed by atoms with E-state index < -0.39 is 5.97 Å². The molecule has 0 atom stereocenters. The zero-order valence-electron chi connectivity index (χ0n) is 11.2. The van der Waals surface area contributed by atoms with Gasteiger partial charge in [-0.1, -0.05) is 30.3 Å². The Kier molecular flexibility index (Phi) is 4.35. The Bertz CT molecular complexity index is 596. The van der Waals surface area contributed by atoms with Gasteiger partial charge in [0.1, 0.15) is 5.82 Å². The molecule has 4 heteroatoms. The third-order valence-electron chi connectivity index (χ3n) is 3.05. The molecule has 0 fully saturated rings. The van der Waals surface area contributed by atoms with E-state index >= 15 is 0 Å². The predicted molar refractivity (Wildman–Crippen MR) is 76.3 cm³/mol. The average Bonchev–Trinajstić information content (AvgIpc) is 2.40. The zero-order valence-corrected chi connectivity index (χ0v) is 11.2. The summed E-state index contributed by atoms with van der Waals surface area (Å²) in [7, 11) is 1.89. The molecule has 0 radical (unpaired) electrons. The summed E-state index contributed by atoms with van der Waals surface area (Å²) in [5, 5.41) is 8.71. The molecule has 0 amide bonds. The van der Waals surface area contributed by atoms with Crippen LogP contribution in [-0.4, -0.2) is 18.1 Å². The Hall–Kier alpha value is -2.36. The number of halogens is 1. The number of carboxylic acids is 1. The van der Waals surface area contributed by atoms with Gasteiger partial charge >= 0.3 is 5.97 Å². The van der Waals surface area contributed by atoms with Crippen molar-refractivity contribution >= 4 is 11.7 Å². The van der Waals surface area contributed by atoms with E-state index in [4.69, 9.17) is 5.11 Å². The van der Waals surface area contributed by atoms with Crippen molar-refractivity contribution in [3.63, 3.8) is 0 Å². The lowest BCUT2D eigenvalue weighted by atomic mass is 10.1. The number of hydrogen-bond donors (Lipinski definition) is 1. The topological polar surface area (TPSA) is 40.5 Å². The van der Waals surface area contributed by atoms with Crippen molar-refractivity contribution in [2.45, 2.75) is 13.0 Å². The zero-order chi connectivity index (χ0) is 14.5. The molecule has 0 saturated carbocycles. The van der Waals surface area contributed by atoms with Crippen LogP contribution in [0.4, 0.5) is 10.1 Å². The number of nitrogens with zero attached hydrogens (tertiary/aromatic N) is 1. The Labute approximate surface area is 117 Å². The molecule has 104 valence electrons. The van der Waals surface area contributed by atoms with Crippen molar-refractivity contribution < 1.29 is 14.3 Å². The highest BCUT2D eigenvalue weighted by Gasteiger charge is 2.04. The van der Waals surface area contributed by atoms with Crippen LogP contribution in [0.5, 0.6) is 0 Å². The van der Waals surface area contributed by atoms with Gasteiger partial charge in [0.15, 0.2) is 0 Å². The monoisotopic (exact) mass is 273 g/mol. The number of anilines is 1. The van der Waals surface area contributed by atoms with Crippen molar-refractivity contribution in [3.8, 4) is 0 Å². The molecule has 3 nitrogen and oxygen atoms in total. The van der Waals surface area contributed by atoms with E-state index in [0.717, 1.165) is 16.8 Å². The minimum absolute atomic E-state index is 0.0278. The number of carboxylic acid groups (broad SMARTS) is 1. The van der Waals surface area contributed by atoms with Crippen LogP contribution in [0.1, 0.15) is 11.1 Å². The fraction of sp³-hybridized carbons (Fsp3) is 0.188. The smallest absolute Gasteiger partial charge is 0.307 e. The van der Waals surface area contributed by atoms with Crippen LogP contribution in [0.3, 0.4) is 0 Å². The first-order valence-corrected chi connectivity index (χ1v) is 6.31. The molecule has 2 aromatic rings. The summed E-state index contributed by atoms with van der Waals surface area (Å²) >= 11 is 0. The first-order chi connectivity index (χ1) is 9.54. The van der Waals surface area contributed by atoms with Crippen molar-refractivity contribution in [2.75, 3.05) is 11.9 Å². The van der Waals surface area contributed by atoms with E-state index in [0.29, 0.717) is 6.54 Å². The maximum Gasteiger partial charge on any atom is 0.307 e. The van der Waals surface area contributed by atoms with Gasteiger partial charge in [-0.15, -0.1) is 0 Å². The second-order valence-corrected chi connectivity index (χ2v) is 4.72.